The predicted molar refractivity (Wildman–Crippen MR) is 76.1 cm³/mol. The smallest absolute Gasteiger partial charge is 0.192 e. The van der Waals surface area contributed by atoms with Gasteiger partial charge in [-0.25, -0.2) is 9.97 Å². The number of nitrogens with zero attached hydrogens (tertiary/aromatic N) is 2. The van der Waals surface area contributed by atoms with Crippen LogP contribution in [-0.2, 0) is 0 Å². The van der Waals surface area contributed by atoms with E-state index < -0.39 is 0 Å². The first-order valence-corrected chi connectivity index (χ1v) is 6.78. The Bertz CT molecular complexity index is 600. The molecule has 92 valence electrons. The monoisotopic (exact) mass is 322 g/mol. The van der Waals surface area contributed by atoms with Crippen LogP contribution in [0.1, 0.15) is 11.3 Å². The first kappa shape index (κ1) is 13.0. The summed E-state index contributed by atoms with van der Waals surface area (Å²) >= 11 is 4.81. The lowest BCUT2D eigenvalue weighted by Crippen LogP contribution is -2.12. The van der Waals surface area contributed by atoms with Gasteiger partial charge in [-0.05, 0) is 43.0 Å². The number of nitrogen functional groups attached to an aromatic ring is 1. The Morgan fingerprint density at radius 3 is 2.83 bits per heavy atom. The molecule has 0 unspecified atom stereocenters. The number of hydrogen-bond donors (Lipinski definition) is 2. The highest BCUT2D eigenvalue weighted by atomic mass is 79.9. The van der Waals surface area contributed by atoms with Crippen molar-refractivity contribution < 1.29 is 0 Å². The van der Waals surface area contributed by atoms with Gasteiger partial charge in [-0.3, -0.25) is 5.41 Å². The topological polar surface area (TPSA) is 75.7 Å². The first-order chi connectivity index (χ1) is 8.56. The molecule has 1 heterocycles. The summed E-state index contributed by atoms with van der Waals surface area (Å²) in [7, 11) is 0. The number of nitrogens with one attached hydrogen (secondary N) is 1. The minimum absolute atomic E-state index is 0.0395. The fraction of sp³-hybridized carbons (Fsp3) is 0.0833. The maximum Gasteiger partial charge on any atom is 0.192 e. The van der Waals surface area contributed by atoms with E-state index in [1.54, 1.807) is 6.20 Å². The highest BCUT2D eigenvalue weighted by Gasteiger charge is 2.09. The van der Waals surface area contributed by atoms with E-state index in [0.29, 0.717) is 10.7 Å². The van der Waals surface area contributed by atoms with Gasteiger partial charge in [0, 0.05) is 26.8 Å². The van der Waals surface area contributed by atoms with Crippen LogP contribution in [0.15, 0.2) is 45.0 Å². The Morgan fingerprint density at radius 1 is 1.39 bits per heavy atom. The molecular formula is C12H11BrN4S. The van der Waals surface area contributed by atoms with Crippen molar-refractivity contribution in [3.8, 4) is 0 Å². The number of benzene rings is 1. The molecule has 4 nitrogen and oxygen atoms in total. The molecule has 0 aliphatic carbocycles. The third-order valence-corrected chi connectivity index (χ3v) is 3.64. The van der Waals surface area contributed by atoms with E-state index in [1.165, 1.54) is 11.8 Å². The molecule has 2 rings (SSSR count). The summed E-state index contributed by atoms with van der Waals surface area (Å²) in [6.07, 6.45) is 1.72. The number of amidine groups is 1. The molecule has 0 atom stereocenters. The van der Waals surface area contributed by atoms with Crippen LogP contribution in [0, 0.1) is 12.3 Å². The van der Waals surface area contributed by atoms with Crippen molar-refractivity contribution in [1.29, 1.82) is 5.41 Å². The second kappa shape index (κ2) is 5.49. The fourth-order valence-electron chi connectivity index (χ4n) is 1.38. The third-order valence-electron chi connectivity index (χ3n) is 2.21. The van der Waals surface area contributed by atoms with Gasteiger partial charge in [-0.1, -0.05) is 15.9 Å². The van der Waals surface area contributed by atoms with E-state index in [4.69, 9.17) is 11.1 Å². The zero-order chi connectivity index (χ0) is 13.1. The molecule has 3 N–H and O–H groups in total. The van der Waals surface area contributed by atoms with E-state index >= 15 is 0 Å². The van der Waals surface area contributed by atoms with E-state index in [-0.39, 0.29) is 5.84 Å². The van der Waals surface area contributed by atoms with Crippen molar-refractivity contribution in [2.45, 2.75) is 17.0 Å². The molecule has 18 heavy (non-hydrogen) atoms. The van der Waals surface area contributed by atoms with Gasteiger partial charge in [0.2, 0.25) is 0 Å². The Kier molecular flexibility index (Phi) is 3.98. The average Bonchev–Trinajstić information content (AvgIpc) is 2.28. The second-order valence-electron chi connectivity index (χ2n) is 3.64. The van der Waals surface area contributed by atoms with Crippen LogP contribution >= 0.6 is 27.7 Å². The number of aryl methyl sites for hydroxylation is 1. The lowest BCUT2D eigenvalue weighted by atomic mass is 10.2. The zero-order valence-corrected chi connectivity index (χ0v) is 12.0. The van der Waals surface area contributed by atoms with Gasteiger partial charge in [0.25, 0.3) is 0 Å². The predicted octanol–water partition coefficient (Wildman–Crippen LogP) is 2.98. The summed E-state index contributed by atoms with van der Waals surface area (Å²) < 4.78 is 0.933. The molecule has 0 saturated carbocycles. The number of hydrogen-bond acceptors (Lipinski definition) is 4. The molecule has 0 bridgehead atoms. The molecule has 1 aromatic heterocycles. The minimum atomic E-state index is 0.0395. The number of rotatable bonds is 3. The molecule has 6 heteroatoms. The molecule has 2 aromatic rings. The summed E-state index contributed by atoms with van der Waals surface area (Å²) in [4.78, 5) is 9.38. The largest absolute Gasteiger partial charge is 0.384 e. The van der Waals surface area contributed by atoms with Crippen molar-refractivity contribution in [2.75, 3.05) is 0 Å². The van der Waals surface area contributed by atoms with Crippen LogP contribution in [0.3, 0.4) is 0 Å². The molecule has 0 radical (unpaired) electrons. The Labute approximate surface area is 118 Å². The van der Waals surface area contributed by atoms with Crippen molar-refractivity contribution in [1.82, 2.24) is 9.97 Å². The summed E-state index contributed by atoms with van der Waals surface area (Å²) in [5.41, 5.74) is 7.16. The van der Waals surface area contributed by atoms with E-state index in [9.17, 15) is 0 Å². The van der Waals surface area contributed by atoms with Crippen molar-refractivity contribution in [3.63, 3.8) is 0 Å². The highest BCUT2D eigenvalue weighted by Crippen LogP contribution is 2.30. The van der Waals surface area contributed by atoms with Gasteiger partial charge < -0.3 is 5.73 Å². The van der Waals surface area contributed by atoms with Crippen molar-refractivity contribution >= 4 is 33.5 Å². The van der Waals surface area contributed by atoms with Crippen LogP contribution in [-0.4, -0.2) is 15.8 Å². The SMILES string of the molecule is Cc1ccnc(Sc2cc(Br)ccc2C(=N)N)n1. The molecule has 0 aliphatic rings. The molecule has 0 saturated heterocycles. The average molecular weight is 323 g/mol. The molecule has 1 aromatic carbocycles. The van der Waals surface area contributed by atoms with E-state index in [0.717, 1.165) is 15.1 Å². The van der Waals surface area contributed by atoms with Gasteiger partial charge in [0.15, 0.2) is 5.16 Å². The van der Waals surface area contributed by atoms with Gasteiger partial charge in [-0.15, -0.1) is 0 Å². The third kappa shape index (κ3) is 3.08. The summed E-state index contributed by atoms with van der Waals surface area (Å²) in [6.45, 7) is 1.92. The summed E-state index contributed by atoms with van der Waals surface area (Å²) in [5.74, 6) is 0.0395. The standard InChI is InChI=1S/C12H11BrN4S/c1-7-4-5-16-12(17-7)18-10-6-8(13)2-3-9(10)11(14)15/h2-6H,1H3,(H3,14,15). The minimum Gasteiger partial charge on any atom is -0.384 e. The lowest BCUT2D eigenvalue weighted by molar-refractivity contribution is 0.932. The van der Waals surface area contributed by atoms with Gasteiger partial charge in [-0.2, -0.15) is 0 Å². The van der Waals surface area contributed by atoms with E-state index in [1.807, 2.05) is 31.2 Å². The first-order valence-electron chi connectivity index (χ1n) is 5.17. The number of halogens is 1. The van der Waals surface area contributed by atoms with Crippen molar-refractivity contribution in [3.05, 3.63) is 46.2 Å². The maximum absolute atomic E-state index is 7.56. The van der Waals surface area contributed by atoms with E-state index in [2.05, 4.69) is 25.9 Å². The van der Waals surface area contributed by atoms with Crippen molar-refractivity contribution in [2.24, 2.45) is 5.73 Å². The Morgan fingerprint density at radius 2 is 2.17 bits per heavy atom. The maximum atomic E-state index is 7.56. The lowest BCUT2D eigenvalue weighted by Gasteiger charge is -2.07. The molecular weight excluding hydrogens is 312 g/mol. The normalized spacial score (nSPS) is 10.3. The van der Waals surface area contributed by atoms with Crippen LogP contribution in [0.5, 0.6) is 0 Å². The highest BCUT2D eigenvalue weighted by molar-refractivity contribution is 9.10. The second-order valence-corrected chi connectivity index (χ2v) is 5.56. The molecule has 0 aliphatic heterocycles. The summed E-state index contributed by atoms with van der Waals surface area (Å²) in [5, 5.41) is 8.21. The Hall–Kier alpha value is -1.40. The van der Waals surface area contributed by atoms with Gasteiger partial charge in [0.1, 0.15) is 5.84 Å². The molecule has 0 amide bonds. The fourth-order valence-corrected chi connectivity index (χ4v) is 2.86. The zero-order valence-electron chi connectivity index (χ0n) is 9.64. The Balaban J connectivity index is 2.39. The van der Waals surface area contributed by atoms with Crippen LogP contribution in [0.2, 0.25) is 0 Å². The quantitative estimate of drug-likeness (QED) is 0.517. The van der Waals surface area contributed by atoms with Crippen LogP contribution in [0.25, 0.3) is 0 Å². The number of nitrogens with two attached hydrogens (primary N) is 1. The van der Waals surface area contributed by atoms with Gasteiger partial charge in [0.05, 0.1) is 0 Å². The summed E-state index contributed by atoms with van der Waals surface area (Å²) in [6, 6.07) is 7.42. The van der Waals surface area contributed by atoms with Crippen LogP contribution in [0.4, 0.5) is 0 Å². The molecule has 0 spiro atoms. The number of aromatic nitrogens is 2. The van der Waals surface area contributed by atoms with Crippen LogP contribution < -0.4 is 5.73 Å². The molecule has 0 fully saturated rings. The van der Waals surface area contributed by atoms with Gasteiger partial charge >= 0.3 is 0 Å².